The fourth-order valence-electron chi connectivity index (χ4n) is 3.75. The number of rotatable bonds is 8. The highest BCUT2D eigenvalue weighted by molar-refractivity contribution is 7.14. The molecule has 1 aliphatic carbocycles. The van der Waals surface area contributed by atoms with Gasteiger partial charge < -0.3 is 4.90 Å². The Kier molecular flexibility index (Phi) is 6.52. The van der Waals surface area contributed by atoms with E-state index in [2.05, 4.69) is 55.3 Å². The van der Waals surface area contributed by atoms with Gasteiger partial charge in [0.2, 0.25) is 0 Å². The summed E-state index contributed by atoms with van der Waals surface area (Å²) in [7, 11) is 0. The number of unbranched alkanes of at least 4 members (excludes halogenated alkanes) is 2. The van der Waals surface area contributed by atoms with E-state index in [1.54, 1.807) is 0 Å². The summed E-state index contributed by atoms with van der Waals surface area (Å²) < 4.78 is 0. The van der Waals surface area contributed by atoms with Crippen molar-refractivity contribution in [2.75, 3.05) is 11.4 Å². The van der Waals surface area contributed by atoms with Gasteiger partial charge in [-0.15, -0.1) is 11.3 Å². The standard InChI is InChI=1S/C22H32N2S/c1-4-5-8-15-24(20-9-6-7-10-20)22-23-21(16-25-22)19-13-11-18(12-14-19)17(2)3/h11-14,16-17,20H,4-10,15H2,1-3H3. The van der Waals surface area contributed by atoms with Crippen molar-refractivity contribution in [3.05, 3.63) is 35.2 Å². The fourth-order valence-corrected chi connectivity index (χ4v) is 4.68. The molecule has 3 rings (SSSR count). The summed E-state index contributed by atoms with van der Waals surface area (Å²) in [5.41, 5.74) is 3.77. The number of hydrogen-bond acceptors (Lipinski definition) is 3. The molecule has 0 unspecified atom stereocenters. The van der Waals surface area contributed by atoms with E-state index in [0.717, 1.165) is 12.2 Å². The van der Waals surface area contributed by atoms with E-state index in [1.807, 2.05) is 11.3 Å². The normalized spacial score (nSPS) is 15.2. The Morgan fingerprint density at radius 1 is 1.12 bits per heavy atom. The minimum absolute atomic E-state index is 0.580. The zero-order valence-electron chi connectivity index (χ0n) is 16.0. The molecule has 0 spiro atoms. The summed E-state index contributed by atoms with van der Waals surface area (Å²) in [6, 6.07) is 9.65. The summed E-state index contributed by atoms with van der Waals surface area (Å²) in [5, 5.41) is 3.47. The SMILES string of the molecule is CCCCCN(c1nc(-c2ccc(C(C)C)cc2)cs1)C1CCCC1. The van der Waals surface area contributed by atoms with Crippen molar-refractivity contribution in [3.8, 4) is 11.3 Å². The molecule has 0 atom stereocenters. The molecule has 1 heterocycles. The molecular weight excluding hydrogens is 324 g/mol. The number of thiazole rings is 1. The summed E-state index contributed by atoms with van der Waals surface area (Å²) in [4.78, 5) is 7.63. The molecule has 0 aliphatic heterocycles. The van der Waals surface area contributed by atoms with Crippen molar-refractivity contribution in [1.29, 1.82) is 0 Å². The predicted molar refractivity (Wildman–Crippen MR) is 111 cm³/mol. The monoisotopic (exact) mass is 356 g/mol. The van der Waals surface area contributed by atoms with Gasteiger partial charge in [0.1, 0.15) is 0 Å². The third kappa shape index (κ3) is 4.63. The summed E-state index contributed by atoms with van der Waals surface area (Å²) >= 11 is 1.82. The lowest BCUT2D eigenvalue weighted by atomic mass is 10.0. The summed E-state index contributed by atoms with van der Waals surface area (Å²) in [6.45, 7) is 7.93. The van der Waals surface area contributed by atoms with Crippen LogP contribution in [0.15, 0.2) is 29.6 Å². The largest absolute Gasteiger partial charge is 0.345 e. The van der Waals surface area contributed by atoms with Gasteiger partial charge in [0, 0.05) is 23.5 Å². The first-order valence-corrected chi connectivity index (χ1v) is 10.9. The molecule has 1 aromatic carbocycles. The van der Waals surface area contributed by atoms with Crippen molar-refractivity contribution in [2.45, 2.75) is 77.7 Å². The Labute approximate surface area is 157 Å². The first-order valence-electron chi connectivity index (χ1n) is 10.0. The van der Waals surface area contributed by atoms with Gasteiger partial charge in [-0.25, -0.2) is 4.98 Å². The molecule has 2 nitrogen and oxygen atoms in total. The molecule has 0 radical (unpaired) electrons. The maximum absolute atomic E-state index is 5.02. The average Bonchev–Trinajstić information content (AvgIpc) is 3.31. The maximum atomic E-state index is 5.02. The highest BCUT2D eigenvalue weighted by Crippen LogP contribution is 2.33. The van der Waals surface area contributed by atoms with Crippen molar-refractivity contribution >= 4 is 16.5 Å². The topological polar surface area (TPSA) is 16.1 Å². The summed E-state index contributed by atoms with van der Waals surface area (Å²) in [5.74, 6) is 0.580. The molecular formula is C22H32N2S. The molecule has 0 amide bonds. The molecule has 1 fully saturated rings. The van der Waals surface area contributed by atoms with Crippen LogP contribution >= 0.6 is 11.3 Å². The first kappa shape index (κ1) is 18.4. The summed E-state index contributed by atoms with van der Waals surface area (Å²) in [6.07, 6.45) is 9.31. The Hall–Kier alpha value is -1.35. The van der Waals surface area contributed by atoms with E-state index < -0.39 is 0 Å². The van der Waals surface area contributed by atoms with Crippen molar-refractivity contribution in [2.24, 2.45) is 0 Å². The maximum Gasteiger partial charge on any atom is 0.186 e. The van der Waals surface area contributed by atoms with Gasteiger partial charge in [-0.3, -0.25) is 0 Å². The van der Waals surface area contributed by atoms with Crippen molar-refractivity contribution in [3.63, 3.8) is 0 Å². The van der Waals surface area contributed by atoms with Gasteiger partial charge in [-0.1, -0.05) is 70.7 Å². The molecule has 0 bridgehead atoms. The molecule has 0 N–H and O–H groups in total. The van der Waals surface area contributed by atoms with Crippen molar-refractivity contribution in [1.82, 2.24) is 4.98 Å². The number of aromatic nitrogens is 1. The van der Waals surface area contributed by atoms with Gasteiger partial charge >= 0.3 is 0 Å². The Bertz CT molecular complexity index is 638. The third-order valence-electron chi connectivity index (χ3n) is 5.38. The second-order valence-corrected chi connectivity index (χ2v) is 8.47. The lowest BCUT2D eigenvalue weighted by molar-refractivity contribution is 0.576. The van der Waals surface area contributed by atoms with Crippen LogP contribution in [0.4, 0.5) is 5.13 Å². The van der Waals surface area contributed by atoms with E-state index in [4.69, 9.17) is 4.98 Å². The van der Waals surface area contributed by atoms with E-state index in [1.165, 1.54) is 61.2 Å². The average molecular weight is 357 g/mol. The lowest BCUT2D eigenvalue weighted by Gasteiger charge is -2.28. The highest BCUT2D eigenvalue weighted by Gasteiger charge is 2.24. The zero-order valence-corrected chi connectivity index (χ0v) is 16.8. The number of anilines is 1. The van der Waals surface area contributed by atoms with Crippen LogP contribution < -0.4 is 4.90 Å². The molecule has 0 saturated heterocycles. The second-order valence-electron chi connectivity index (χ2n) is 7.63. The lowest BCUT2D eigenvalue weighted by Crippen LogP contribution is -2.34. The molecule has 1 aliphatic rings. The molecule has 25 heavy (non-hydrogen) atoms. The number of hydrogen-bond donors (Lipinski definition) is 0. The molecule has 2 aromatic rings. The fraction of sp³-hybridized carbons (Fsp3) is 0.591. The van der Waals surface area contributed by atoms with E-state index >= 15 is 0 Å². The molecule has 3 heteroatoms. The third-order valence-corrected chi connectivity index (χ3v) is 6.26. The van der Waals surface area contributed by atoms with E-state index in [0.29, 0.717) is 12.0 Å². The number of nitrogens with zero attached hydrogens (tertiary/aromatic N) is 2. The quantitative estimate of drug-likeness (QED) is 0.480. The van der Waals surface area contributed by atoms with Crippen LogP contribution in [0.3, 0.4) is 0 Å². The molecule has 1 saturated carbocycles. The van der Waals surface area contributed by atoms with E-state index in [9.17, 15) is 0 Å². The molecule has 1 aromatic heterocycles. The second kappa shape index (κ2) is 8.84. The van der Waals surface area contributed by atoms with Gasteiger partial charge in [-0.2, -0.15) is 0 Å². The van der Waals surface area contributed by atoms with Crippen LogP contribution in [0.25, 0.3) is 11.3 Å². The van der Waals surface area contributed by atoms with Crippen LogP contribution in [0.2, 0.25) is 0 Å². The van der Waals surface area contributed by atoms with E-state index in [-0.39, 0.29) is 0 Å². The van der Waals surface area contributed by atoms with Crippen LogP contribution in [0, 0.1) is 0 Å². The van der Waals surface area contributed by atoms with Gasteiger partial charge in [-0.05, 0) is 30.7 Å². The first-order chi connectivity index (χ1) is 12.2. The number of benzene rings is 1. The Morgan fingerprint density at radius 2 is 1.84 bits per heavy atom. The Morgan fingerprint density at radius 3 is 2.48 bits per heavy atom. The van der Waals surface area contributed by atoms with Crippen LogP contribution in [0.1, 0.15) is 77.2 Å². The van der Waals surface area contributed by atoms with Crippen molar-refractivity contribution < 1.29 is 0 Å². The van der Waals surface area contributed by atoms with Gasteiger partial charge in [0.25, 0.3) is 0 Å². The predicted octanol–water partition coefficient (Wildman–Crippen LogP) is 6.87. The van der Waals surface area contributed by atoms with Gasteiger partial charge in [0.05, 0.1) is 5.69 Å². The smallest absolute Gasteiger partial charge is 0.186 e. The van der Waals surface area contributed by atoms with Crippen LogP contribution in [0.5, 0.6) is 0 Å². The minimum atomic E-state index is 0.580. The zero-order chi connectivity index (χ0) is 17.6. The van der Waals surface area contributed by atoms with Crippen LogP contribution in [-0.4, -0.2) is 17.6 Å². The van der Waals surface area contributed by atoms with Crippen LogP contribution in [-0.2, 0) is 0 Å². The molecule has 136 valence electrons. The minimum Gasteiger partial charge on any atom is -0.345 e. The highest BCUT2D eigenvalue weighted by atomic mass is 32.1. The Balaban J connectivity index is 1.76. The van der Waals surface area contributed by atoms with Gasteiger partial charge in [0.15, 0.2) is 5.13 Å².